The van der Waals surface area contributed by atoms with Gasteiger partial charge in [-0.1, -0.05) is 18.2 Å². The summed E-state index contributed by atoms with van der Waals surface area (Å²) in [5.41, 5.74) is 7.18. The average Bonchev–Trinajstić information content (AvgIpc) is 3.29. The van der Waals surface area contributed by atoms with Gasteiger partial charge in [-0.15, -0.1) is 0 Å². The van der Waals surface area contributed by atoms with Gasteiger partial charge in [0, 0.05) is 42.1 Å². The molecular formula is C24H31N5O9S. The third kappa shape index (κ3) is 9.61. The Kier molecular flexibility index (Phi) is 11.7. The number of hydrogen-bond acceptors (Lipinski definition) is 8. The quantitative estimate of drug-likeness (QED) is 0.115. The van der Waals surface area contributed by atoms with Crippen LogP contribution >= 0.6 is 12.6 Å². The van der Waals surface area contributed by atoms with E-state index >= 15 is 0 Å². The fourth-order valence-corrected chi connectivity index (χ4v) is 3.86. The first-order valence-corrected chi connectivity index (χ1v) is 12.5. The first-order valence-electron chi connectivity index (χ1n) is 11.9. The number of nitrogens with one attached hydrogen (secondary N) is 4. The Balaban J connectivity index is 2.29. The predicted octanol–water partition coefficient (Wildman–Crippen LogP) is -0.764. The summed E-state index contributed by atoms with van der Waals surface area (Å²) >= 11 is 3.99. The second kappa shape index (κ2) is 14.7. The van der Waals surface area contributed by atoms with Crippen LogP contribution < -0.4 is 21.7 Å². The van der Waals surface area contributed by atoms with Crippen molar-refractivity contribution in [1.82, 2.24) is 20.9 Å². The Morgan fingerprint density at radius 2 is 1.36 bits per heavy atom. The van der Waals surface area contributed by atoms with E-state index in [9.17, 15) is 33.9 Å². The van der Waals surface area contributed by atoms with Crippen LogP contribution in [0.25, 0.3) is 10.9 Å². The van der Waals surface area contributed by atoms with Gasteiger partial charge in [0.15, 0.2) is 0 Å². The summed E-state index contributed by atoms with van der Waals surface area (Å²) in [5.74, 6) is -6.61. The van der Waals surface area contributed by atoms with Crippen LogP contribution in [0, 0.1) is 0 Å². The highest BCUT2D eigenvalue weighted by atomic mass is 32.1. The topological polar surface area (TPSA) is 241 Å². The monoisotopic (exact) mass is 565 g/mol. The standard InChI is InChI=1S/C24H31N5O9S/c25-14(11-39)21(34)29-18(9-12-10-26-15-4-2-1-3-13(12)15)23(36)27-16(5-7-19(30)31)22(35)28-17(24(37)38)6-8-20(32)33/h1-4,10,14,16-18,26,39H,5-9,11,25H2,(H,27,36)(H,28,35)(H,29,34)(H,30,31)(H,32,33)(H,37,38). The molecule has 4 atom stereocenters. The Morgan fingerprint density at radius 3 is 1.95 bits per heavy atom. The molecule has 14 nitrogen and oxygen atoms in total. The number of amides is 3. The molecule has 0 radical (unpaired) electrons. The molecule has 212 valence electrons. The molecule has 1 aromatic heterocycles. The molecule has 15 heteroatoms. The number of aromatic amines is 1. The number of benzene rings is 1. The molecule has 1 aromatic carbocycles. The molecule has 9 N–H and O–H groups in total. The summed E-state index contributed by atoms with van der Waals surface area (Å²) in [6.07, 6.45) is -0.295. The van der Waals surface area contributed by atoms with Gasteiger partial charge in [-0.25, -0.2) is 4.79 Å². The minimum atomic E-state index is -1.59. The van der Waals surface area contributed by atoms with E-state index in [4.69, 9.17) is 15.9 Å². The number of thiol groups is 1. The summed E-state index contributed by atoms with van der Waals surface area (Å²) in [4.78, 5) is 75.3. The van der Waals surface area contributed by atoms with Gasteiger partial charge in [-0.2, -0.15) is 12.6 Å². The van der Waals surface area contributed by atoms with Crippen molar-refractivity contribution in [3.05, 3.63) is 36.0 Å². The zero-order chi connectivity index (χ0) is 29.1. The molecule has 1 heterocycles. The summed E-state index contributed by atoms with van der Waals surface area (Å²) in [5, 5.41) is 35.1. The number of aliphatic carboxylic acids is 3. The minimum Gasteiger partial charge on any atom is -0.481 e. The number of hydrogen-bond donors (Lipinski definition) is 9. The van der Waals surface area contributed by atoms with Crippen LogP contribution in [0.3, 0.4) is 0 Å². The molecule has 0 fully saturated rings. The van der Waals surface area contributed by atoms with Gasteiger partial charge in [-0.3, -0.25) is 24.0 Å². The first-order chi connectivity index (χ1) is 18.4. The smallest absolute Gasteiger partial charge is 0.326 e. The molecule has 4 unspecified atom stereocenters. The molecule has 3 amide bonds. The van der Waals surface area contributed by atoms with Crippen LogP contribution in [0.1, 0.15) is 31.2 Å². The number of fused-ring (bicyclic) bond motifs is 1. The van der Waals surface area contributed by atoms with Crippen molar-refractivity contribution in [3.63, 3.8) is 0 Å². The zero-order valence-electron chi connectivity index (χ0n) is 20.8. The predicted molar refractivity (Wildman–Crippen MR) is 141 cm³/mol. The lowest BCUT2D eigenvalue weighted by Gasteiger charge is -2.25. The molecule has 0 aliphatic carbocycles. The van der Waals surface area contributed by atoms with Crippen molar-refractivity contribution >= 4 is 59.2 Å². The molecule has 0 aliphatic heterocycles. The Labute approximate surface area is 228 Å². The Bertz CT molecular complexity index is 1220. The molecule has 39 heavy (non-hydrogen) atoms. The zero-order valence-corrected chi connectivity index (χ0v) is 21.6. The summed E-state index contributed by atoms with van der Waals surface area (Å²) in [6.45, 7) is 0. The summed E-state index contributed by atoms with van der Waals surface area (Å²) in [6, 6.07) is 1.86. The first kappa shape index (κ1) is 31.1. The number of carboxylic acids is 3. The van der Waals surface area contributed by atoms with E-state index in [1.54, 1.807) is 12.3 Å². The summed E-state index contributed by atoms with van der Waals surface area (Å²) in [7, 11) is 0. The van der Waals surface area contributed by atoms with Crippen molar-refractivity contribution in [2.45, 2.75) is 56.3 Å². The van der Waals surface area contributed by atoms with Gasteiger partial charge >= 0.3 is 17.9 Å². The fourth-order valence-electron chi connectivity index (χ4n) is 3.70. The highest BCUT2D eigenvalue weighted by molar-refractivity contribution is 7.80. The van der Waals surface area contributed by atoms with E-state index in [0.29, 0.717) is 5.56 Å². The molecule has 0 saturated carbocycles. The third-order valence-electron chi connectivity index (χ3n) is 5.81. The van der Waals surface area contributed by atoms with Crippen LogP contribution in [0.2, 0.25) is 0 Å². The van der Waals surface area contributed by atoms with Crippen LogP contribution in [0.15, 0.2) is 30.5 Å². The number of carbonyl (C=O) groups is 6. The molecule has 0 bridgehead atoms. The van der Waals surface area contributed by atoms with Crippen molar-refractivity contribution < 1.29 is 44.1 Å². The summed E-state index contributed by atoms with van der Waals surface area (Å²) < 4.78 is 0. The maximum atomic E-state index is 13.3. The van der Waals surface area contributed by atoms with E-state index in [0.717, 1.165) is 10.9 Å². The van der Waals surface area contributed by atoms with Crippen LogP contribution in [-0.2, 0) is 35.2 Å². The van der Waals surface area contributed by atoms with Gasteiger partial charge < -0.3 is 42.0 Å². The molecular weight excluding hydrogens is 534 g/mol. The second-order valence-corrected chi connectivity index (χ2v) is 9.10. The maximum absolute atomic E-state index is 13.3. The SMILES string of the molecule is NC(CS)C(=O)NC(Cc1c[nH]c2ccccc12)C(=O)NC(CCC(=O)O)C(=O)NC(CCC(=O)O)C(=O)O. The van der Waals surface area contributed by atoms with E-state index < -0.39 is 85.5 Å². The molecule has 0 saturated heterocycles. The second-order valence-electron chi connectivity index (χ2n) is 8.74. The molecule has 2 aromatic rings. The Morgan fingerprint density at radius 1 is 0.821 bits per heavy atom. The molecule has 0 spiro atoms. The third-order valence-corrected chi connectivity index (χ3v) is 6.20. The van der Waals surface area contributed by atoms with E-state index in [1.165, 1.54) is 0 Å². The fraction of sp³-hybridized carbons (Fsp3) is 0.417. The van der Waals surface area contributed by atoms with E-state index in [1.807, 2.05) is 18.2 Å². The highest BCUT2D eigenvalue weighted by Crippen LogP contribution is 2.19. The largest absolute Gasteiger partial charge is 0.481 e. The van der Waals surface area contributed by atoms with Gasteiger partial charge in [0.25, 0.3) is 0 Å². The number of aromatic nitrogens is 1. The lowest BCUT2D eigenvalue weighted by Crippen LogP contribution is -2.57. The number of para-hydroxylation sites is 1. The Hall–Kier alpha value is -4.11. The number of carbonyl (C=O) groups excluding carboxylic acids is 3. The van der Waals surface area contributed by atoms with Crippen LogP contribution in [0.4, 0.5) is 0 Å². The number of rotatable bonds is 16. The van der Waals surface area contributed by atoms with Crippen molar-refractivity contribution in [2.75, 3.05) is 5.75 Å². The highest BCUT2D eigenvalue weighted by Gasteiger charge is 2.31. The lowest BCUT2D eigenvalue weighted by molar-refractivity contribution is -0.144. The van der Waals surface area contributed by atoms with Crippen molar-refractivity contribution in [2.24, 2.45) is 5.73 Å². The average molecular weight is 566 g/mol. The van der Waals surface area contributed by atoms with E-state index in [2.05, 4.69) is 33.6 Å². The van der Waals surface area contributed by atoms with Crippen LogP contribution in [0.5, 0.6) is 0 Å². The molecule has 0 aliphatic rings. The lowest BCUT2D eigenvalue weighted by atomic mass is 10.0. The van der Waals surface area contributed by atoms with Crippen LogP contribution in [-0.4, -0.2) is 85.9 Å². The normalized spacial score (nSPS) is 14.0. The number of nitrogens with two attached hydrogens (primary N) is 1. The van der Waals surface area contributed by atoms with Crippen molar-refractivity contribution in [1.29, 1.82) is 0 Å². The maximum Gasteiger partial charge on any atom is 0.326 e. The van der Waals surface area contributed by atoms with Gasteiger partial charge in [0.05, 0.1) is 6.04 Å². The number of carboxylic acid groups (broad SMARTS) is 3. The van der Waals surface area contributed by atoms with Gasteiger partial charge in [0.2, 0.25) is 17.7 Å². The minimum absolute atomic E-state index is 0.0101. The van der Waals surface area contributed by atoms with E-state index in [-0.39, 0.29) is 12.2 Å². The van der Waals surface area contributed by atoms with Gasteiger partial charge in [0.1, 0.15) is 18.1 Å². The number of H-pyrrole nitrogens is 1. The van der Waals surface area contributed by atoms with Crippen molar-refractivity contribution in [3.8, 4) is 0 Å². The molecule has 2 rings (SSSR count). The van der Waals surface area contributed by atoms with Gasteiger partial charge in [-0.05, 0) is 24.5 Å².